The van der Waals surface area contributed by atoms with Gasteiger partial charge in [-0.25, -0.2) is 0 Å². The van der Waals surface area contributed by atoms with Crippen LogP contribution in [0.25, 0.3) is 0 Å². The van der Waals surface area contributed by atoms with Crippen molar-refractivity contribution in [2.45, 2.75) is 76.4 Å². The fourth-order valence-corrected chi connectivity index (χ4v) is 4.35. The van der Waals surface area contributed by atoms with Crippen molar-refractivity contribution in [3.8, 4) is 0 Å². The second-order valence-corrected chi connectivity index (χ2v) is 7.13. The van der Waals surface area contributed by atoms with Crippen molar-refractivity contribution in [2.24, 2.45) is 22.9 Å². The number of ketones is 1. The van der Waals surface area contributed by atoms with Gasteiger partial charge in [0.2, 0.25) is 0 Å². The van der Waals surface area contributed by atoms with E-state index in [0.29, 0.717) is 24.7 Å². The lowest BCUT2D eigenvalue weighted by atomic mass is 9.67. The van der Waals surface area contributed by atoms with E-state index in [1.807, 2.05) is 0 Å². The van der Waals surface area contributed by atoms with Gasteiger partial charge in [0.05, 0.1) is 12.7 Å². The third-order valence-electron chi connectivity index (χ3n) is 5.73. The van der Waals surface area contributed by atoms with Gasteiger partial charge >= 0.3 is 0 Å². The van der Waals surface area contributed by atoms with E-state index in [-0.39, 0.29) is 5.78 Å². The van der Waals surface area contributed by atoms with Crippen LogP contribution in [0, 0.1) is 22.7 Å². The third-order valence-corrected chi connectivity index (χ3v) is 5.73. The molecule has 3 N–H and O–H groups in total. The van der Waals surface area contributed by atoms with Crippen LogP contribution in [0.5, 0.6) is 0 Å². The van der Waals surface area contributed by atoms with Gasteiger partial charge in [-0.2, -0.15) is 4.91 Å². The molecule has 0 spiro atoms. The molecule has 0 radical (unpaired) electrons. The summed E-state index contributed by atoms with van der Waals surface area (Å²) in [6.07, 6.45) is -0.647. The molecule has 0 amide bonds. The zero-order valence-corrected chi connectivity index (χ0v) is 14.4. The maximum absolute atomic E-state index is 12.6. The average Bonchev–Trinajstić information content (AvgIpc) is 2.58. The summed E-state index contributed by atoms with van der Waals surface area (Å²) in [5.41, 5.74) is 0. The van der Waals surface area contributed by atoms with Gasteiger partial charge in [-0.1, -0.05) is 38.3 Å². The molecule has 1 heterocycles. The highest BCUT2D eigenvalue weighted by Gasteiger charge is 2.51. The summed E-state index contributed by atoms with van der Waals surface area (Å²) in [6, 6.07) is -1.23. The summed E-state index contributed by atoms with van der Waals surface area (Å²) in [5.74, 6) is 0.237. The molecule has 2 rings (SSSR count). The highest BCUT2D eigenvalue weighted by molar-refractivity contribution is 5.82. The average molecular weight is 343 g/mol. The van der Waals surface area contributed by atoms with Crippen LogP contribution in [0.2, 0.25) is 0 Å². The number of hydrogen-bond acceptors (Lipinski definition) is 7. The standard InChI is InChI=1S/C17H29NO6/c1-3-5-10-7-12(20)11(6-9(10)4-2)17-16(22)15(21)14(18-23)13(8-19)24-17/h9-11,13-17,19,21-22H,3-8H2,1-2H3/t9-,10-,11?,13?,14?,15?,16?,17+/m0/s1. The van der Waals surface area contributed by atoms with Crippen LogP contribution in [-0.4, -0.2) is 58.2 Å². The molecular formula is C17H29NO6. The van der Waals surface area contributed by atoms with Crippen molar-refractivity contribution in [3.05, 3.63) is 4.91 Å². The summed E-state index contributed by atoms with van der Waals surface area (Å²) < 4.78 is 5.65. The van der Waals surface area contributed by atoms with Gasteiger partial charge < -0.3 is 20.1 Å². The van der Waals surface area contributed by atoms with E-state index in [4.69, 9.17) is 4.74 Å². The molecule has 24 heavy (non-hydrogen) atoms. The molecule has 1 saturated heterocycles. The topological polar surface area (TPSA) is 116 Å². The summed E-state index contributed by atoms with van der Waals surface area (Å²) >= 11 is 0. The summed E-state index contributed by atoms with van der Waals surface area (Å²) in [5, 5.41) is 32.6. The first-order valence-electron chi connectivity index (χ1n) is 8.95. The van der Waals surface area contributed by atoms with Crippen LogP contribution >= 0.6 is 0 Å². The Labute approximate surface area is 142 Å². The van der Waals surface area contributed by atoms with Crippen LogP contribution < -0.4 is 0 Å². The second-order valence-electron chi connectivity index (χ2n) is 7.13. The van der Waals surface area contributed by atoms with Crippen molar-refractivity contribution in [2.75, 3.05) is 6.61 Å². The SMILES string of the molecule is CCC[C@H]1CC(=O)C([C@H]2OC(CO)C(N=O)C(O)C2O)C[C@@H]1CC. The van der Waals surface area contributed by atoms with E-state index in [0.717, 1.165) is 19.3 Å². The first kappa shape index (κ1) is 19.4. The van der Waals surface area contributed by atoms with Gasteiger partial charge in [-0.3, -0.25) is 4.79 Å². The van der Waals surface area contributed by atoms with Crippen LogP contribution in [0.1, 0.15) is 46.0 Å². The normalized spacial score (nSPS) is 43.6. The van der Waals surface area contributed by atoms with Gasteiger partial charge in [-0.05, 0) is 18.3 Å². The van der Waals surface area contributed by atoms with E-state index in [9.17, 15) is 25.0 Å². The first-order chi connectivity index (χ1) is 11.5. The number of nitroso groups, excluding NO2 is 1. The molecule has 1 saturated carbocycles. The highest BCUT2D eigenvalue weighted by Crippen LogP contribution is 2.41. The molecule has 2 aliphatic rings. The largest absolute Gasteiger partial charge is 0.394 e. The molecule has 0 aromatic rings. The van der Waals surface area contributed by atoms with Gasteiger partial charge in [-0.15, -0.1) is 0 Å². The number of Topliss-reactive ketones (excluding diaryl/α,β-unsaturated/α-hetero) is 1. The van der Waals surface area contributed by atoms with Crippen molar-refractivity contribution in [3.63, 3.8) is 0 Å². The van der Waals surface area contributed by atoms with Gasteiger partial charge in [0.1, 0.15) is 30.1 Å². The molecule has 0 bridgehead atoms. The Morgan fingerprint density at radius 3 is 2.46 bits per heavy atom. The Kier molecular flexibility index (Phi) is 6.86. The quantitative estimate of drug-likeness (QED) is 0.620. The molecule has 7 nitrogen and oxygen atoms in total. The number of nitrogens with zero attached hydrogens (tertiary/aromatic N) is 1. The third kappa shape index (κ3) is 3.69. The van der Waals surface area contributed by atoms with E-state index >= 15 is 0 Å². The molecule has 5 unspecified atom stereocenters. The molecule has 138 valence electrons. The second kappa shape index (κ2) is 8.47. The number of aliphatic hydroxyl groups excluding tert-OH is 3. The molecule has 7 heteroatoms. The van der Waals surface area contributed by atoms with Gasteiger partial charge in [0.15, 0.2) is 0 Å². The lowest BCUT2D eigenvalue weighted by Crippen LogP contribution is -2.61. The first-order valence-corrected chi connectivity index (χ1v) is 8.95. The maximum atomic E-state index is 12.6. The van der Waals surface area contributed by atoms with Crippen molar-refractivity contribution in [1.29, 1.82) is 0 Å². The number of ether oxygens (including phenoxy) is 1. The van der Waals surface area contributed by atoms with Gasteiger partial charge in [0.25, 0.3) is 0 Å². The molecule has 8 atom stereocenters. The number of aliphatic hydroxyl groups is 3. The highest BCUT2D eigenvalue weighted by atomic mass is 16.5. The minimum absolute atomic E-state index is 0.0311. The number of hydrogen-bond donors (Lipinski definition) is 3. The van der Waals surface area contributed by atoms with Crippen molar-refractivity contribution >= 4 is 5.78 Å². The van der Waals surface area contributed by atoms with E-state index in [1.54, 1.807) is 0 Å². The molecular weight excluding hydrogens is 314 g/mol. The number of carbonyl (C=O) groups excluding carboxylic acids is 1. The minimum Gasteiger partial charge on any atom is -0.394 e. The fraction of sp³-hybridized carbons (Fsp3) is 0.941. The lowest BCUT2D eigenvalue weighted by Gasteiger charge is -2.45. The maximum Gasteiger partial charge on any atom is 0.149 e. The molecule has 2 fully saturated rings. The van der Waals surface area contributed by atoms with Crippen molar-refractivity contribution in [1.82, 2.24) is 0 Å². The van der Waals surface area contributed by atoms with Crippen LogP contribution in [0.3, 0.4) is 0 Å². The van der Waals surface area contributed by atoms with E-state index in [1.165, 1.54) is 0 Å². The van der Waals surface area contributed by atoms with Crippen LogP contribution in [0.15, 0.2) is 5.18 Å². The summed E-state index contributed by atoms with van der Waals surface area (Å²) in [6.45, 7) is 3.70. The summed E-state index contributed by atoms with van der Waals surface area (Å²) in [4.78, 5) is 23.5. The van der Waals surface area contributed by atoms with E-state index < -0.39 is 43.0 Å². The Hall–Kier alpha value is -0.890. The van der Waals surface area contributed by atoms with E-state index in [2.05, 4.69) is 19.0 Å². The zero-order chi connectivity index (χ0) is 17.9. The predicted molar refractivity (Wildman–Crippen MR) is 87.3 cm³/mol. The monoisotopic (exact) mass is 343 g/mol. The minimum atomic E-state index is -1.43. The van der Waals surface area contributed by atoms with Crippen LogP contribution in [0.4, 0.5) is 0 Å². The molecule has 0 aromatic heterocycles. The van der Waals surface area contributed by atoms with Crippen molar-refractivity contribution < 1.29 is 24.9 Å². The summed E-state index contributed by atoms with van der Waals surface area (Å²) in [7, 11) is 0. The van der Waals surface area contributed by atoms with Gasteiger partial charge in [0, 0.05) is 12.3 Å². The number of rotatable bonds is 6. The molecule has 0 aromatic carbocycles. The predicted octanol–water partition coefficient (Wildman–Crippen LogP) is 1.02. The molecule has 1 aliphatic heterocycles. The van der Waals surface area contributed by atoms with Crippen LogP contribution in [-0.2, 0) is 9.53 Å². The zero-order valence-electron chi connectivity index (χ0n) is 14.4. The Morgan fingerprint density at radius 2 is 1.92 bits per heavy atom. The smallest absolute Gasteiger partial charge is 0.149 e. The fourth-order valence-electron chi connectivity index (χ4n) is 4.35. The lowest BCUT2D eigenvalue weighted by molar-refractivity contribution is -0.206. The Morgan fingerprint density at radius 1 is 1.21 bits per heavy atom. The number of carbonyl (C=O) groups is 1. The Bertz CT molecular complexity index is 443. The molecule has 1 aliphatic carbocycles. The Balaban J connectivity index is 2.17.